The SMILES string of the molecule is CC(C)=NOCCC1(c2ccccc2)SC(c2cc(F)ccc2F)=NN1C(=O)[C@H](C)O. The molecule has 3 rings (SSSR count). The van der Waals surface area contributed by atoms with Gasteiger partial charge < -0.3 is 9.94 Å². The number of thioether (sulfide) groups is 1. The van der Waals surface area contributed by atoms with Gasteiger partial charge in [-0.3, -0.25) is 4.79 Å². The Hall–Kier alpha value is -2.78. The van der Waals surface area contributed by atoms with E-state index < -0.39 is 28.5 Å². The minimum absolute atomic E-state index is 0.0606. The van der Waals surface area contributed by atoms with Crippen molar-refractivity contribution >= 4 is 28.4 Å². The van der Waals surface area contributed by atoms with Crippen molar-refractivity contribution in [3.8, 4) is 0 Å². The van der Waals surface area contributed by atoms with E-state index in [0.717, 1.165) is 40.7 Å². The van der Waals surface area contributed by atoms with Crippen LogP contribution in [0.2, 0.25) is 0 Å². The second-order valence-electron chi connectivity index (χ2n) is 7.23. The van der Waals surface area contributed by atoms with Gasteiger partial charge in [-0.2, -0.15) is 5.10 Å². The van der Waals surface area contributed by atoms with Gasteiger partial charge in [0.15, 0.2) is 0 Å². The Labute approximate surface area is 183 Å². The third-order valence-corrected chi connectivity index (χ3v) is 5.97. The Morgan fingerprint density at radius 2 is 1.97 bits per heavy atom. The second-order valence-corrected chi connectivity index (χ2v) is 8.50. The fourth-order valence-electron chi connectivity index (χ4n) is 3.11. The van der Waals surface area contributed by atoms with Crippen LogP contribution in [0.1, 0.15) is 38.3 Å². The summed E-state index contributed by atoms with van der Waals surface area (Å²) < 4.78 is 28.3. The van der Waals surface area contributed by atoms with Crippen LogP contribution in [0.4, 0.5) is 8.78 Å². The molecule has 1 heterocycles. The predicted octanol–water partition coefficient (Wildman–Crippen LogP) is 4.24. The number of hydrogen-bond acceptors (Lipinski definition) is 6. The van der Waals surface area contributed by atoms with E-state index in [9.17, 15) is 18.7 Å². The summed E-state index contributed by atoms with van der Waals surface area (Å²) in [4.78, 5) is 17.1. The first-order valence-electron chi connectivity index (χ1n) is 9.68. The number of rotatable bonds is 7. The molecule has 164 valence electrons. The van der Waals surface area contributed by atoms with Gasteiger partial charge in [0.25, 0.3) is 5.91 Å². The zero-order valence-corrected chi connectivity index (χ0v) is 18.2. The largest absolute Gasteiger partial charge is 0.396 e. The fraction of sp³-hybridized carbons (Fsp3) is 0.318. The van der Waals surface area contributed by atoms with Crippen LogP contribution in [0.5, 0.6) is 0 Å². The minimum atomic E-state index is -1.35. The Kier molecular flexibility index (Phi) is 7.07. The van der Waals surface area contributed by atoms with Crippen molar-refractivity contribution in [2.45, 2.75) is 38.2 Å². The lowest BCUT2D eigenvalue weighted by Crippen LogP contribution is -2.45. The topological polar surface area (TPSA) is 74.5 Å². The molecule has 0 saturated carbocycles. The van der Waals surface area contributed by atoms with Crippen molar-refractivity contribution in [3.63, 3.8) is 0 Å². The van der Waals surface area contributed by atoms with E-state index >= 15 is 0 Å². The predicted molar refractivity (Wildman–Crippen MR) is 116 cm³/mol. The number of nitrogens with zero attached hydrogens (tertiary/aromatic N) is 3. The first kappa shape index (κ1) is 22.9. The number of carbonyl (C=O) groups is 1. The molecule has 0 aromatic heterocycles. The highest BCUT2D eigenvalue weighted by Crippen LogP contribution is 2.50. The van der Waals surface area contributed by atoms with Gasteiger partial charge in [-0.15, -0.1) is 0 Å². The molecule has 0 bridgehead atoms. The van der Waals surface area contributed by atoms with Gasteiger partial charge in [0.05, 0.1) is 5.71 Å². The Balaban J connectivity index is 2.09. The van der Waals surface area contributed by atoms with Gasteiger partial charge in [-0.05, 0) is 44.5 Å². The molecular formula is C22H23F2N3O3S. The smallest absolute Gasteiger partial charge is 0.272 e. The summed E-state index contributed by atoms with van der Waals surface area (Å²) in [6.45, 7) is 5.04. The summed E-state index contributed by atoms with van der Waals surface area (Å²) in [5.74, 6) is -1.96. The van der Waals surface area contributed by atoms with Gasteiger partial charge in [0.1, 0.15) is 34.3 Å². The van der Waals surface area contributed by atoms with Crippen molar-refractivity contribution in [2.24, 2.45) is 10.3 Å². The van der Waals surface area contributed by atoms with Crippen LogP contribution >= 0.6 is 11.8 Å². The molecule has 1 aliphatic heterocycles. The zero-order valence-electron chi connectivity index (χ0n) is 17.4. The number of benzene rings is 2. The second kappa shape index (κ2) is 9.57. The zero-order chi connectivity index (χ0) is 22.6. The van der Waals surface area contributed by atoms with Gasteiger partial charge in [0, 0.05) is 12.0 Å². The molecule has 0 saturated heterocycles. The van der Waals surface area contributed by atoms with Crippen LogP contribution < -0.4 is 0 Å². The van der Waals surface area contributed by atoms with Crippen LogP contribution in [-0.2, 0) is 14.5 Å². The Morgan fingerprint density at radius 1 is 1.26 bits per heavy atom. The lowest BCUT2D eigenvalue weighted by molar-refractivity contribution is -0.143. The van der Waals surface area contributed by atoms with E-state index in [-0.39, 0.29) is 23.6 Å². The molecule has 1 unspecified atom stereocenters. The fourth-order valence-corrected chi connectivity index (χ4v) is 4.47. The van der Waals surface area contributed by atoms with Gasteiger partial charge in [0.2, 0.25) is 0 Å². The summed E-state index contributed by atoms with van der Waals surface area (Å²) in [5, 5.41) is 19.5. The molecule has 0 fully saturated rings. The average Bonchev–Trinajstić information content (AvgIpc) is 3.13. The molecule has 2 aromatic rings. The molecule has 1 amide bonds. The van der Waals surface area contributed by atoms with E-state index in [1.54, 1.807) is 26.0 Å². The first-order chi connectivity index (χ1) is 14.7. The van der Waals surface area contributed by atoms with Crippen molar-refractivity contribution in [1.82, 2.24) is 5.01 Å². The normalized spacial score (nSPS) is 19.0. The maximum atomic E-state index is 14.5. The number of aliphatic hydroxyl groups excluding tert-OH is 1. The molecular weight excluding hydrogens is 424 g/mol. The number of hydrazone groups is 1. The van der Waals surface area contributed by atoms with E-state index in [1.165, 1.54) is 6.92 Å². The molecule has 31 heavy (non-hydrogen) atoms. The molecule has 1 aliphatic rings. The molecule has 0 aliphatic carbocycles. The van der Waals surface area contributed by atoms with Gasteiger partial charge >= 0.3 is 0 Å². The van der Waals surface area contributed by atoms with E-state index in [2.05, 4.69) is 10.3 Å². The van der Waals surface area contributed by atoms with Crippen molar-refractivity contribution in [3.05, 3.63) is 71.3 Å². The van der Waals surface area contributed by atoms with Crippen LogP contribution in [0.25, 0.3) is 0 Å². The molecule has 9 heteroatoms. The Morgan fingerprint density at radius 3 is 2.61 bits per heavy atom. The summed E-state index contributed by atoms with van der Waals surface area (Å²) in [6.07, 6.45) is -1.11. The van der Waals surface area contributed by atoms with Gasteiger partial charge in [-0.25, -0.2) is 13.8 Å². The number of amides is 1. The van der Waals surface area contributed by atoms with Crippen LogP contribution in [0, 0.1) is 11.6 Å². The van der Waals surface area contributed by atoms with Crippen molar-refractivity contribution in [1.29, 1.82) is 0 Å². The van der Waals surface area contributed by atoms with Crippen LogP contribution in [-0.4, -0.2) is 39.5 Å². The molecule has 0 radical (unpaired) electrons. The highest BCUT2D eigenvalue weighted by atomic mass is 32.2. The monoisotopic (exact) mass is 447 g/mol. The number of aliphatic hydroxyl groups is 1. The molecule has 2 aromatic carbocycles. The number of halogens is 2. The Bertz CT molecular complexity index is 1010. The van der Waals surface area contributed by atoms with E-state index in [0.29, 0.717) is 5.56 Å². The highest BCUT2D eigenvalue weighted by Gasteiger charge is 2.49. The van der Waals surface area contributed by atoms with E-state index in [1.807, 2.05) is 18.2 Å². The summed E-state index contributed by atoms with van der Waals surface area (Å²) >= 11 is 1.11. The van der Waals surface area contributed by atoms with Crippen LogP contribution in [0.3, 0.4) is 0 Å². The van der Waals surface area contributed by atoms with Crippen molar-refractivity contribution < 1.29 is 23.5 Å². The standard InChI is InChI=1S/C22H23F2N3O3S/c1-14(2)26-30-12-11-22(16-7-5-4-6-8-16)27(21(29)15(3)28)25-20(31-22)18-13-17(23)9-10-19(18)24/h4-10,13,15,28H,11-12H2,1-3H3/t15-,22?/m0/s1. The minimum Gasteiger partial charge on any atom is -0.396 e. The number of carbonyl (C=O) groups excluding carboxylic acids is 1. The average molecular weight is 448 g/mol. The lowest BCUT2D eigenvalue weighted by atomic mass is 10.0. The first-order valence-corrected chi connectivity index (χ1v) is 10.5. The summed E-state index contributed by atoms with van der Waals surface area (Å²) in [6, 6.07) is 12.1. The third-order valence-electron chi connectivity index (χ3n) is 4.53. The molecule has 6 nitrogen and oxygen atoms in total. The molecule has 1 N–H and O–H groups in total. The lowest BCUT2D eigenvalue weighted by Gasteiger charge is -2.36. The quantitative estimate of drug-likeness (QED) is 0.391. The summed E-state index contributed by atoms with van der Waals surface area (Å²) in [7, 11) is 0. The maximum Gasteiger partial charge on any atom is 0.272 e. The summed E-state index contributed by atoms with van der Waals surface area (Å²) in [5.41, 5.74) is 1.36. The maximum absolute atomic E-state index is 14.5. The van der Waals surface area contributed by atoms with Gasteiger partial charge in [-0.1, -0.05) is 47.2 Å². The van der Waals surface area contributed by atoms with Crippen LogP contribution in [0.15, 0.2) is 58.8 Å². The highest BCUT2D eigenvalue weighted by molar-refractivity contribution is 8.15. The van der Waals surface area contributed by atoms with E-state index in [4.69, 9.17) is 4.84 Å². The number of hydrogen-bond donors (Lipinski definition) is 1. The third kappa shape index (κ3) is 4.94. The van der Waals surface area contributed by atoms with Crippen molar-refractivity contribution in [2.75, 3.05) is 6.61 Å². The number of oxime groups is 1. The molecule has 2 atom stereocenters. The molecule has 0 spiro atoms.